The van der Waals surface area contributed by atoms with Gasteiger partial charge in [-0.25, -0.2) is 0 Å². The molecule has 2 heterocycles. The zero-order chi connectivity index (χ0) is 22.0. The van der Waals surface area contributed by atoms with Gasteiger partial charge in [0.15, 0.2) is 5.25 Å². The summed E-state index contributed by atoms with van der Waals surface area (Å²) in [6.45, 7) is 2.79. The first-order chi connectivity index (χ1) is 15.0. The summed E-state index contributed by atoms with van der Waals surface area (Å²) in [7, 11) is 1.56. The average Bonchev–Trinajstić information content (AvgIpc) is 2.78. The lowest BCUT2D eigenvalue weighted by atomic mass is 9.96. The molecule has 2 N–H and O–H groups in total. The third-order valence-electron chi connectivity index (χ3n) is 5.57. The maximum absolute atomic E-state index is 13.1. The number of fused-ring (bicyclic) bond motifs is 1. The van der Waals surface area contributed by atoms with Crippen molar-refractivity contribution >= 4 is 40.9 Å². The minimum absolute atomic E-state index is 0.146. The van der Waals surface area contributed by atoms with Gasteiger partial charge in [0.25, 0.3) is 0 Å². The Morgan fingerprint density at radius 3 is 2.84 bits per heavy atom. The van der Waals surface area contributed by atoms with E-state index in [-0.39, 0.29) is 23.6 Å². The molecule has 4 rings (SSSR count). The molecule has 0 bridgehead atoms. The number of rotatable bonds is 4. The van der Waals surface area contributed by atoms with E-state index in [4.69, 9.17) is 4.74 Å². The first-order valence-electron chi connectivity index (χ1n) is 10.3. The predicted molar refractivity (Wildman–Crippen MR) is 120 cm³/mol. The molecule has 2 atom stereocenters. The van der Waals surface area contributed by atoms with Crippen molar-refractivity contribution in [2.24, 2.45) is 5.92 Å². The highest BCUT2D eigenvalue weighted by atomic mass is 32.2. The van der Waals surface area contributed by atoms with Crippen LogP contribution in [-0.2, 0) is 14.4 Å². The van der Waals surface area contributed by atoms with E-state index >= 15 is 0 Å². The molecule has 0 radical (unpaired) electrons. The summed E-state index contributed by atoms with van der Waals surface area (Å²) >= 11 is 1.27. The maximum Gasteiger partial charge on any atom is 0.247 e. The Morgan fingerprint density at radius 1 is 1.23 bits per heavy atom. The molecule has 0 aromatic heterocycles. The Hall–Kier alpha value is -3.00. The van der Waals surface area contributed by atoms with E-state index in [9.17, 15) is 14.4 Å². The van der Waals surface area contributed by atoms with E-state index in [1.165, 1.54) is 11.8 Å². The fraction of sp³-hybridized carbons (Fsp3) is 0.348. The van der Waals surface area contributed by atoms with Crippen LogP contribution in [0.4, 0.5) is 11.4 Å². The van der Waals surface area contributed by atoms with E-state index in [1.54, 1.807) is 12.0 Å². The van der Waals surface area contributed by atoms with E-state index < -0.39 is 5.25 Å². The number of carbonyl (C=O) groups is 3. The van der Waals surface area contributed by atoms with Gasteiger partial charge in [-0.3, -0.25) is 14.4 Å². The van der Waals surface area contributed by atoms with Crippen LogP contribution < -0.4 is 15.4 Å². The maximum atomic E-state index is 13.1. The van der Waals surface area contributed by atoms with Crippen LogP contribution in [-0.4, -0.2) is 48.1 Å². The number of nitrogens with zero attached hydrogens (tertiary/aromatic N) is 1. The van der Waals surface area contributed by atoms with Gasteiger partial charge in [-0.05, 0) is 49.6 Å². The monoisotopic (exact) mass is 439 g/mol. The Kier molecular flexibility index (Phi) is 6.18. The molecule has 0 aliphatic carbocycles. The highest BCUT2D eigenvalue weighted by molar-refractivity contribution is 8.01. The smallest absolute Gasteiger partial charge is 0.247 e. The largest absolute Gasteiger partial charge is 0.495 e. The fourth-order valence-corrected chi connectivity index (χ4v) is 5.00. The molecule has 0 spiro atoms. The summed E-state index contributed by atoms with van der Waals surface area (Å²) in [5.74, 6) is -0.455. The van der Waals surface area contributed by atoms with Gasteiger partial charge in [-0.1, -0.05) is 18.2 Å². The normalized spacial score (nSPS) is 20.5. The molecule has 2 aromatic rings. The van der Waals surface area contributed by atoms with Crippen molar-refractivity contribution < 1.29 is 19.1 Å². The molecular formula is C23H25N3O4S. The van der Waals surface area contributed by atoms with E-state index in [0.717, 1.165) is 16.1 Å². The summed E-state index contributed by atoms with van der Waals surface area (Å²) in [5.41, 5.74) is 2.36. The van der Waals surface area contributed by atoms with Gasteiger partial charge >= 0.3 is 0 Å². The van der Waals surface area contributed by atoms with Crippen LogP contribution in [0, 0.1) is 12.8 Å². The molecule has 162 valence electrons. The molecule has 2 aliphatic heterocycles. The van der Waals surface area contributed by atoms with Crippen LogP contribution in [0.3, 0.4) is 0 Å². The van der Waals surface area contributed by atoms with E-state index in [2.05, 4.69) is 10.6 Å². The van der Waals surface area contributed by atoms with E-state index in [1.807, 2.05) is 49.4 Å². The van der Waals surface area contributed by atoms with Crippen molar-refractivity contribution in [2.75, 3.05) is 30.8 Å². The van der Waals surface area contributed by atoms with Crippen LogP contribution in [0.25, 0.3) is 0 Å². The van der Waals surface area contributed by atoms with Gasteiger partial charge < -0.3 is 20.3 Å². The number of anilines is 2. The second kappa shape index (κ2) is 9.01. The van der Waals surface area contributed by atoms with Crippen molar-refractivity contribution in [3.05, 3.63) is 48.0 Å². The van der Waals surface area contributed by atoms with Gasteiger partial charge in [0.1, 0.15) is 5.75 Å². The second-order valence-electron chi connectivity index (χ2n) is 7.80. The van der Waals surface area contributed by atoms with Gasteiger partial charge in [-0.15, -0.1) is 11.8 Å². The van der Waals surface area contributed by atoms with Gasteiger partial charge in [-0.2, -0.15) is 0 Å². The fourth-order valence-electron chi connectivity index (χ4n) is 3.93. The summed E-state index contributed by atoms with van der Waals surface area (Å²) < 4.78 is 5.34. The number of likely N-dealkylation sites (tertiary alicyclic amines) is 1. The first kappa shape index (κ1) is 21.2. The number of piperidine rings is 1. The summed E-state index contributed by atoms with van der Waals surface area (Å²) in [4.78, 5) is 41.1. The lowest BCUT2D eigenvalue weighted by molar-refractivity contribution is -0.136. The first-order valence-corrected chi connectivity index (χ1v) is 11.1. The molecule has 0 saturated carbocycles. The van der Waals surface area contributed by atoms with Gasteiger partial charge in [0, 0.05) is 18.0 Å². The average molecular weight is 440 g/mol. The van der Waals surface area contributed by atoms with Gasteiger partial charge in [0.2, 0.25) is 17.7 Å². The minimum atomic E-state index is -0.839. The highest BCUT2D eigenvalue weighted by Gasteiger charge is 2.38. The zero-order valence-corrected chi connectivity index (χ0v) is 18.3. The Labute approximate surface area is 185 Å². The van der Waals surface area contributed by atoms with Crippen molar-refractivity contribution in [1.82, 2.24) is 4.90 Å². The third kappa shape index (κ3) is 4.54. The Morgan fingerprint density at radius 2 is 2.03 bits per heavy atom. The minimum Gasteiger partial charge on any atom is -0.495 e. The number of aryl methyl sites for hydroxylation is 1. The summed E-state index contributed by atoms with van der Waals surface area (Å²) in [6, 6.07) is 13.0. The van der Waals surface area contributed by atoms with Crippen molar-refractivity contribution in [3.8, 4) is 5.75 Å². The predicted octanol–water partition coefficient (Wildman–Crippen LogP) is 3.29. The number of methoxy groups -OCH3 is 1. The number of hydrogen-bond donors (Lipinski definition) is 2. The number of benzene rings is 2. The molecule has 2 aromatic carbocycles. The highest BCUT2D eigenvalue weighted by Crippen LogP contribution is 2.36. The summed E-state index contributed by atoms with van der Waals surface area (Å²) in [6.07, 6.45) is 1.40. The molecule has 1 saturated heterocycles. The molecule has 31 heavy (non-hydrogen) atoms. The molecule has 8 heteroatoms. The molecule has 3 amide bonds. The quantitative estimate of drug-likeness (QED) is 0.714. The molecule has 1 fully saturated rings. The zero-order valence-electron chi connectivity index (χ0n) is 17.5. The van der Waals surface area contributed by atoms with Crippen molar-refractivity contribution in [1.29, 1.82) is 0 Å². The number of carbonyl (C=O) groups excluding carboxylic acids is 3. The molecular weight excluding hydrogens is 414 g/mol. The topological polar surface area (TPSA) is 87.7 Å². The molecule has 2 aliphatic rings. The lowest BCUT2D eigenvalue weighted by Crippen LogP contribution is -2.50. The van der Waals surface area contributed by atoms with Crippen molar-refractivity contribution in [2.45, 2.75) is 29.9 Å². The summed E-state index contributed by atoms with van der Waals surface area (Å²) in [5, 5.41) is 4.92. The number of amides is 3. The number of ether oxygens (including phenoxy) is 1. The second-order valence-corrected chi connectivity index (χ2v) is 8.95. The SMILES string of the molecule is COc1ccc(C)cc1NC(=O)[C@@H]1CCCN(C(=O)[C@H]2Sc3ccccc3NC2=O)C1. The third-order valence-corrected chi connectivity index (χ3v) is 6.83. The number of thioether (sulfide) groups is 1. The Bertz CT molecular complexity index is 1030. The van der Waals surface area contributed by atoms with Gasteiger partial charge in [0.05, 0.1) is 24.4 Å². The Balaban J connectivity index is 1.44. The standard InChI is InChI=1S/C23H25N3O4S/c1-14-9-10-18(30-2)17(12-14)25-21(27)15-6-5-11-26(13-15)23(29)20-22(28)24-16-7-3-4-8-19(16)31-20/h3-4,7-10,12,15,20H,5-6,11,13H2,1-2H3,(H,24,28)(H,25,27)/t15-,20+/m1/s1. The van der Waals surface area contributed by atoms with Crippen LogP contribution in [0.2, 0.25) is 0 Å². The molecule has 7 nitrogen and oxygen atoms in total. The lowest BCUT2D eigenvalue weighted by Gasteiger charge is -2.35. The molecule has 0 unspecified atom stereocenters. The van der Waals surface area contributed by atoms with Crippen LogP contribution in [0.1, 0.15) is 18.4 Å². The van der Waals surface area contributed by atoms with Crippen LogP contribution in [0.15, 0.2) is 47.4 Å². The number of hydrogen-bond acceptors (Lipinski definition) is 5. The number of nitrogens with one attached hydrogen (secondary N) is 2. The number of para-hydroxylation sites is 1. The van der Waals surface area contributed by atoms with Crippen molar-refractivity contribution in [3.63, 3.8) is 0 Å². The van der Waals surface area contributed by atoms with Crippen LogP contribution in [0.5, 0.6) is 5.75 Å². The van der Waals surface area contributed by atoms with Crippen LogP contribution >= 0.6 is 11.8 Å². The van der Waals surface area contributed by atoms with E-state index in [0.29, 0.717) is 37.4 Å².